The highest BCUT2D eigenvalue weighted by molar-refractivity contribution is 6.08. The molecule has 1 aromatic rings. The zero-order valence-corrected chi connectivity index (χ0v) is 17.0. The maximum atomic E-state index is 12.6. The van der Waals surface area contributed by atoms with E-state index >= 15 is 0 Å². The summed E-state index contributed by atoms with van der Waals surface area (Å²) in [6, 6.07) is 0.776. The molecule has 7 nitrogen and oxygen atoms in total. The van der Waals surface area contributed by atoms with Crippen molar-refractivity contribution in [3.05, 3.63) is 23.0 Å². The van der Waals surface area contributed by atoms with Gasteiger partial charge in [-0.25, -0.2) is 4.79 Å². The number of ether oxygens (including phenoxy) is 1. The molecule has 2 unspecified atom stereocenters. The van der Waals surface area contributed by atoms with Crippen molar-refractivity contribution in [3.8, 4) is 0 Å². The molecule has 2 heterocycles. The van der Waals surface area contributed by atoms with Gasteiger partial charge in [0.2, 0.25) is 17.6 Å². The van der Waals surface area contributed by atoms with Crippen molar-refractivity contribution in [2.75, 3.05) is 6.61 Å². The molecular formula is C21H28N2O5. The summed E-state index contributed by atoms with van der Waals surface area (Å²) in [6.07, 6.45) is 3.24. The van der Waals surface area contributed by atoms with Crippen LogP contribution in [0, 0.1) is 25.7 Å². The zero-order valence-electron chi connectivity index (χ0n) is 17.0. The molecule has 7 heteroatoms. The summed E-state index contributed by atoms with van der Waals surface area (Å²) in [5.41, 5.74) is 2.33. The summed E-state index contributed by atoms with van der Waals surface area (Å²) in [6.45, 7) is 7.62. The molecule has 1 aromatic heterocycles. The van der Waals surface area contributed by atoms with Gasteiger partial charge in [0.05, 0.1) is 11.8 Å². The fourth-order valence-electron chi connectivity index (χ4n) is 4.58. The van der Waals surface area contributed by atoms with Crippen LogP contribution in [0.5, 0.6) is 0 Å². The van der Waals surface area contributed by atoms with Crippen LogP contribution in [0.3, 0.4) is 0 Å². The molecule has 0 aromatic carbocycles. The minimum Gasteiger partial charge on any atom is -0.456 e. The van der Waals surface area contributed by atoms with Crippen LogP contribution in [0.1, 0.15) is 61.3 Å². The highest BCUT2D eigenvalue weighted by Gasteiger charge is 2.51. The minimum atomic E-state index is -1.01. The third kappa shape index (κ3) is 3.38. The van der Waals surface area contributed by atoms with Crippen molar-refractivity contribution in [1.29, 1.82) is 0 Å². The van der Waals surface area contributed by atoms with Crippen LogP contribution in [0.4, 0.5) is 0 Å². The van der Waals surface area contributed by atoms with Gasteiger partial charge >= 0.3 is 5.97 Å². The van der Waals surface area contributed by atoms with Gasteiger partial charge in [0.1, 0.15) is 6.04 Å². The number of esters is 1. The number of hydrogen-bond acceptors (Lipinski definition) is 5. The molecule has 2 amide bonds. The van der Waals surface area contributed by atoms with Crippen LogP contribution in [-0.2, 0) is 25.7 Å². The van der Waals surface area contributed by atoms with Gasteiger partial charge in [0.15, 0.2) is 6.61 Å². The Morgan fingerprint density at radius 2 is 1.71 bits per heavy atom. The first-order valence-electron chi connectivity index (χ1n) is 10.0. The third-order valence-electron chi connectivity index (χ3n) is 6.14. The quantitative estimate of drug-likeness (QED) is 0.424. The maximum absolute atomic E-state index is 12.6. The molecule has 152 valence electrons. The van der Waals surface area contributed by atoms with Crippen molar-refractivity contribution in [1.82, 2.24) is 9.47 Å². The molecule has 1 saturated heterocycles. The summed E-state index contributed by atoms with van der Waals surface area (Å²) >= 11 is 0. The molecular weight excluding hydrogens is 360 g/mol. The van der Waals surface area contributed by atoms with Gasteiger partial charge in [-0.1, -0.05) is 12.8 Å². The van der Waals surface area contributed by atoms with E-state index in [1.165, 1.54) is 6.92 Å². The molecule has 3 atom stereocenters. The number of fused-ring (bicyclic) bond motifs is 1. The molecule has 2 aliphatic rings. The normalized spacial score (nSPS) is 22.9. The summed E-state index contributed by atoms with van der Waals surface area (Å²) < 4.78 is 7.19. The largest absolute Gasteiger partial charge is 0.456 e. The molecule has 0 N–H and O–H groups in total. The van der Waals surface area contributed by atoms with Gasteiger partial charge in [-0.2, -0.15) is 0 Å². The van der Waals surface area contributed by atoms with E-state index in [4.69, 9.17) is 4.74 Å². The van der Waals surface area contributed by atoms with Gasteiger partial charge in [-0.15, -0.1) is 0 Å². The van der Waals surface area contributed by atoms with E-state index in [9.17, 15) is 19.2 Å². The Hall–Kier alpha value is -2.44. The summed E-state index contributed by atoms with van der Waals surface area (Å²) in [4.78, 5) is 51.2. The maximum Gasteiger partial charge on any atom is 0.329 e. The zero-order chi connectivity index (χ0) is 20.6. The lowest BCUT2D eigenvalue weighted by Gasteiger charge is -2.21. The van der Waals surface area contributed by atoms with Crippen molar-refractivity contribution < 1.29 is 23.9 Å². The molecule has 2 fully saturated rings. The van der Waals surface area contributed by atoms with Crippen LogP contribution in [0.15, 0.2) is 6.07 Å². The lowest BCUT2D eigenvalue weighted by Crippen LogP contribution is -2.44. The van der Waals surface area contributed by atoms with E-state index in [-0.39, 0.29) is 29.4 Å². The summed E-state index contributed by atoms with van der Waals surface area (Å²) in [5.74, 6) is -2.19. The summed E-state index contributed by atoms with van der Waals surface area (Å²) in [5, 5.41) is 0. The second kappa shape index (κ2) is 7.89. The second-order valence-corrected chi connectivity index (χ2v) is 7.78. The van der Waals surface area contributed by atoms with Crippen LogP contribution < -0.4 is 0 Å². The first-order chi connectivity index (χ1) is 13.3. The lowest BCUT2D eigenvalue weighted by atomic mass is 9.81. The first kappa shape index (κ1) is 20.3. The van der Waals surface area contributed by atoms with Crippen LogP contribution in [0.25, 0.3) is 0 Å². The van der Waals surface area contributed by atoms with Crippen molar-refractivity contribution in [3.63, 3.8) is 0 Å². The van der Waals surface area contributed by atoms with Gasteiger partial charge in [0.25, 0.3) is 0 Å². The summed E-state index contributed by atoms with van der Waals surface area (Å²) in [7, 11) is 0. The Labute approximate surface area is 165 Å². The second-order valence-electron chi connectivity index (χ2n) is 7.78. The molecule has 28 heavy (non-hydrogen) atoms. The van der Waals surface area contributed by atoms with Gasteiger partial charge < -0.3 is 9.30 Å². The van der Waals surface area contributed by atoms with E-state index in [0.29, 0.717) is 18.4 Å². The van der Waals surface area contributed by atoms with Crippen molar-refractivity contribution >= 4 is 23.6 Å². The average molecular weight is 388 g/mol. The predicted molar refractivity (Wildman–Crippen MR) is 102 cm³/mol. The molecule has 0 spiro atoms. The van der Waals surface area contributed by atoms with Gasteiger partial charge in [-0.05, 0) is 46.6 Å². The number of rotatable bonds is 6. The van der Waals surface area contributed by atoms with Crippen LogP contribution >= 0.6 is 0 Å². The number of carbonyl (C=O) groups is 4. The molecule has 0 bridgehead atoms. The predicted octanol–water partition coefficient (Wildman–Crippen LogP) is 2.41. The topological polar surface area (TPSA) is 85.7 Å². The molecule has 1 aliphatic carbocycles. The number of aryl methyl sites for hydroxylation is 1. The standard InChI is InChI=1S/C21H28N2O5/c1-5-22-12(2)10-17(13(22)3)18(24)11-28-21(27)14(4)23-19(25)15-8-6-7-9-16(15)20(23)26/h10,14-16H,5-9,11H2,1-4H3/t14-,15?,16?/m0/s1. The number of Topliss-reactive ketones (excluding diaryl/α,β-unsaturated/α-hetero) is 1. The number of aromatic nitrogens is 1. The average Bonchev–Trinajstić information content (AvgIpc) is 3.12. The number of nitrogens with zero attached hydrogens (tertiary/aromatic N) is 2. The Bertz CT molecular complexity index is 801. The lowest BCUT2D eigenvalue weighted by molar-refractivity contribution is -0.157. The molecule has 1 aliphatic heterocycles. The highest BCUT2D eigenvalue weighted by Crippen LogP contribution is 2.38. The van der Waals surface area contributed by atoms with Gasteiger partial charge in [-0.3, -0.25) is 19.3 Å². The third-order valence-corrected chi connectivity index (χ3v) is 6.14. The monoisotopic (exact) mass is 388 g/mol. The molecule has 0 radical (unpaired) electrons. The highest BCUT2D eigenvalue weighted by atomic mass is 16.5. The van der Waals surface area contributed by atoms with Gasteiger partial charge in [0, 0.05) is 23.5 Å². The molecule has 3 rings (SSSR count). The Morgan fingerprint density at radius 1 is 1.14 bits per heavy atom. The van der Waals surface area contributed by atoms with Crippen molar-refractivity contribution in [2.24, 2.45) is 11.8 Å². The van der Waals surface area contributed by atoms with E-state index in [1.807, 2.05) is 25.3 Å². The van der Waals surface area contributed by atoms with E-state index in [1.54, 1.807) is 6.07 Å². The number of likely N-dealkylation sites (tertiary alicyclic amines) is 1. The van der Waals surface area contributed by atoms with E-state index in [2.05, 4.69) is 0 Å². The number of hydrogen-bond donors (Lipinski definition) is 0. The van der Waals surface area contributed by atoms with Crippen LogP contribution in [0.2, 0.25) is 0 Å². The SMILES string of the molecule is CCn1c(C)cc(C(=O)COC(=O)[C@H](C)N2C(=O)C3CCCCC3C2=O)c1C. The fourth-order valence-corrected chi connectivity index (χ4v) is 4.58. The molecule has 1 saturated carbocycles. The first-order valence-corrected chi connectivity index (χ1v) is 10.0. The number of amides is 2. The number of ketones is 1. The van der Waals surface area contributed by atoms with Crippen LogP contribution in [-0.4, -0.2) is 45.7 Å². The smallest absolute Gasteiger partial charge is 0.329 e. The van der Waals surface area contributed by atoms with E-state index in [0.717, 1.165) is 35.7 Å². The minimum absolute atomic E-state index is 0.281. The van der Waals surface area contributed by atoms with E-state index < -0.39 is 18.6 Å². The number of carbonyl (C=O) groups excluding carboxylic acids is 4. The fraction of sp³-hybridized carbons (Fsp3) is 0.619. The Balaban J connectivity index is 1.64. The van der Waals surface area contributed by atoms with Crippen molar-refractivity contribution in [2.45, 2.75) is 66.0 Å². The Kier molecular flexibility index (Phi) is 5.72. The Morgan fingerprint density at radius 3 is 2.21 bits per heavy atom. The number of imide groups is 1.